The van der Waals surface area contributed by atoms with Crippen molar-refractivity contribution in [2.45, 2.75) is 19.8 Å². The minimum atomic E-state index is 0.0371. The minimum absolute atomic E-state index is 0.0371. The molecule has 0 spiro atoms. The lowest BCUT2D eigenvalue weighted by molar-refractivity contribution is -0.120. The van der Waals surface area contributed by atoms with Crippen LogP contribution in [-0.4, -0.2) is 69.9 Å². The third-order valence-corrected chi connectivity index (χ3v) is 5.42. The van der Waals surface area contributed by atoms with E-state index in [1.165, 1.54) is 5.56 Å². The summed E-state index contributed by atoms with van der Waals surface area (Å²) in [5.74, 6) is 2.02. The highest BCUT2D eigenvalue weighted by atomic mass is 16.5. The molecule has 32 heavy (non-hydrogen) atoms. The largest absolute Gasteiger partial charge is 0.356 e. The van der Waals surface area contributed by atoms with Crippen LogP contribution in [0.15, 0.2) is 46.2 Å². The van der Waals surface area contributed by atoms with E-state index in [9.17, 15) is 4.79 Å². The Balaban J connectivity index is 1.28. The van der Waals surface area contributed by atoms with Gasteiger partial charge in [-0.05, 0) is 24.1 Å². The van der Waals surface area contributed by atoms with Crippen molar-refractivity contribution in [1.82, 2.24) is 30.1 Å². The van der Waals surface area contributed by atoms with Gasteiger partial charge in [-0.25, -0.2) is 0 Å². The molecule has 0 radical (unpaired) electrons. The van der Waals surface area contributed by atoms with E-state index in [1.54, 1.807) is 22.8 Å². The Morgan fingerprint density at radius 1 is 1.25 bits per heavy atom. The number of nitrogens with zero attached hydrogens (tertiary/aromatic N) is 7. The standard InChI is InChI=1S/C22H28N8O2/c1-4-19-26-21(32-27-19)17-7-5-16(6-8-17)9-10-24-22(23-2)29-11-12-30(20(31)15-29)18-13-25-28(3)14-18/h5-8,13-14H,4,9-12,15H2,1-3H3,(H,23,24). The summed E-state index contributed by atoms with van der Waals surface area (Å²) in [6, 6.07) is 8.11. The maximum atomic E-state index is 12.6. The summed E-state index contributed by atoms with van der Waals surface area (Å²) in [6.45, 7) is 4.30. The molecule has 0 unspecified atom stereocenters. The van der Waals surface area contributed by atoms with Crippen molar-refractivity contribution in [2.75, 3.05) is 38.1 Å². The number of hydrogen-bond acceptors (Lipinski definition) is 6. The van der Waals surface area contributed by atoms with Crippen LogP contribution in [0.25, 0.3) is 11.5 Å². The van der Waals surface area contributed by atoms with Crippen molar-refractivity contribution in [1.29, 1.82) is 0 Å². The second-order valence-corrected chi connectivity index (χ2v) is 7.63. The van der Waals surface area contributed by atoms with Crippen LogP contribution < -0.4 is 10.2 Å². The normalized spacial score (nSPS) is 14.8. The summed E-state index contributed by atoms with van der Waals surface area (Å²) in [4.78, 5) is 25.1. The first-order valence-corrected chi connectivity index (χ1v) is 10.7. The molecule has 1 N–H and O–H groups in total. The number of benzene rings is 1. The number of aromatic nitrogens is 4. The number of aliphatic imine (C=N–C) groups is 1. The predicted molar refractivity (Wildman–Crippen MR) is 121 cm³/mol. The van der Waals surface area contributed by atoms with Gasteiger partial charge in [0.05, 0.1) is 11.9 Å². The van der Waals surface area contributed by atoms with Gasteiger partial charge >= 0.3 is 0 Å². The molecule has 1 saturated heterocycles. The molecule has 168 valence electrons. The van der Waals surface area contributed by atoms with Gasteiger partial charge in [0.1, 0.15) is 6.54 Å². The molecule has 10 nitrogen and oxygen atoms in total. The van der Waals surface area contributed by atoms with Crippen LogP contribution >= 0.6 is 0 Å². The number of rotatable bonds is 6. The van der Waals surface area contributed by atoms with E-state index in [-0.39, 0.29) is 12.5 Å². The van der Waals surface area contributed by atoms with E-state index in [0.29, 0.717) is 31.3 Å². The summed E-state index contributed by atoms with van der Waals surface area (Å²) in [5.41, 5.74) is 2.93. The quantitative estimate of drug-likeness (QED) is 0.461. The smallest absolute Gasteiger partial charge is 0.257 e. The maximum Gasteiger partial charge on any atom is 0.257 e. The number of carbonyl (C=O) groups is 1. The lowest BCUT2D eigenvalue weighted by Crippen LogP contribution is -2.55. The molecule has 1 aliphatic heterocycles. The molecule has 3 aromatic rings. The van der Waals surface area contributed by atoms with Gasteiger partial charge in [-0.1, -0.05) is 24.2 Å². The SMILES string of the molecule is CCc1noc(-c2ccc(CCNC(=NC)N3CCN(c4cnn(C)c4)C(=O)C3)cc2)n1. The molecular formula is C22H28N8O2. The lowest BCUT2D eigenvalue weighted by Gasteiger charge is -2.35. The zero-order valence-electron chi connectivity index (χ0n) is 18.7. The van der Waals surface area contributed by atoms with E-state index in [0.717, 1.165) is 30.1 Å². The van der Waals surface area contributed by atoms with Crippen molar-refractivity contribution >= 4 is 17.6 Å². The first kappa shape index (κ1) is 21.5. The van der Waals surface area contributed by atoms with Crippen LogP contribution in [0.2, 0.25) is 0 Å². The molecule has 0 aliphatic carbocycles. The van der Waals surface area contributed by atoms with E-state index < -0.39 is 0 Å². The predicted octanol–water partition coefficient (Wildman–Crippen LogP) is 1.50. The van der Waals surface area contributed by atoms with Crippen molar-refractivity contribution in [3.8, 4) is 11.5 Å². The average Bonchev–Trinajstić information content (AvgIpc) is 3.46. The Morgan fingerprint density at radius 3 is 2.69 bits per heavy atom. The van der Waals surface area contributed by atoms with Crippen LogP contribution in [0.3, 0.4) is 0 Å². The van der Waals surface area contributed by atoms with Crippen LogP contribution in [0, 0.1) is 0 Å². The molecule has 4 rings (SSSR count). The summed E-state index contributed by atoms with van der Waals surface area (Å²) in [7, 11) is 3.58. The fourth-order valence-corrected chi connectivity index (χ4v) is 3.65. The maximum absolute atomic E-state index is 12.6. The van der Waals surface area contributed by atoms with Crippen molar-refractivity contribution in [3.05, 3.63) is 48.0 Å². The molecule has 3 heterocycles. The van der Waals surface area contributed by atoms with Gasteiger partial charge in [-0.15, -0.1) is 0 Å². The Morgan fingerprint density at radius 2 is 2.06 bits per heavy atom. The van der Waals surface area contributed by atoms with Gasteiger partial charge in [0.25, 0.3) is 5.89 Å². The first-order valence-electron chi connectivity index (χ1n) is 10.7. The van der Waals surface area contributed by atoms with Gasteiger partial charge in [0, 0.05) is 51.9 Å². The number of guanidine groups is 1. The Kier molecular flexibility index (Phi) is 6.48. The van der Waals surface area contributed by atoms with Gasteiger partial charge in [-0.2, -0.15) is 10.1 Å². The summed E-state index contributed by atoms with van der Waals surface area (Å²) in [5, 5.41) is 11.5. The molecule has 2 aromatic heterocycles. The molecule has 0 saturated carbocycles. The number of hydrogen-bond donors (Lipinski definition) is 1. The Labute approximate surface area is 186 Å². The summed E-state index contributed by atoms with van der Waals surface area (Å²) >= 11 is 0. The lowest BCUT2D eigenvalue weighted by atomic mass is 10.1. The van der Waals surface area contributed by atoms with Gasteiger partial charge in [-0.3, -0.25) is 14.5 Å². The summed E-state index contributed by atoms with van der Waals surface area (Å²) in [6.07, 6.45) is 5.14. The zero-order valence-corrected chi connectivity index (χ0v) is 18.7. The average molecular weight is 437 g/mol. The highest BCUT2D eigenvalue weighted by Crippen LogP contribution is 2.18. The molecule has 1 amide bonds. The van der Waals surface area contributed by atoms with Gasteiger partial charge < -0.3 is 19.6 Å². The monoisotopic (exact) mass is 436 g/mol. The van der Waals surface area contributed by atoms with Gasteiger partial charge in [0.2, 0.25) is 5.91 Å². The van der Waals surface area contributed by atoms with E-state index in [4.69, 9.17) is 4.52 Å². The molecule has 1 fully saturated rings. The van der Waals surface area contributed by atoms with Gasteiger partial charge in [0.15, 0.2) is 11.8 Å². The molecule has 0 bridgehead atoms. The number of nitrogens with one attached hydrogen (secondary N) is 1. The molecule has 1 aromatic carbocycles. The number of amides is 1. The zero-order chi connectivity index (χ0) is 22.5. The topological polar surface area (TPSA) is 105 Å². The van der Waals surface area contributed by atoms with E-state index >= 15 is 0 Å². The first-order chi connectivity index (χ1) is 15.6. The van der Waals surface area contributed by atoms with Crippen LogP contribution in [-0.2, 0) is 24.7 Å². The number of carbonyl (C=O) groups excluding carboxylic acids is 1. The van der Waals surface area contributed by atoms with Crippen LogP contribution in [0.4, 0.5) is 5.69 Å². The Hall–Kier alpha value is -3.69. The fourth-order valence-electron chi connectivity index (χ4n) is 3.65. The molecule has 0 atom stereocenters. The highest BCUT2D eigenvalue weighted by Gasteiger charge is 2.27. The second kappa shape index (κ2) is 9.63. The highest BCUT2D eigenvalue weighted by molar-refractivity contribution is 5.98. The number of aryl methyl sites for hydroxylation is 2. The third-order valence-electron chi connectivity index (χ3n) is 5.42. The molecule has 10 heteroatoms. The fraction of sp³-hybridized carbons (Fsp3) is 0.409. The van der Waals surface area contributed by atoms with Crippen molar-refractivity contribution in [3.63, 3.8) is 0 Å². The van der Waals surface area contributed by atoms with Crippen LogP contribution in [0.1, 0.15) is 18.3 Å². The van der Waals surface area contributed by atoms with Crippen LogP contribution in [0.5, 0.6) is 0 Å². The number of piperazine rings is 1. The van der Waals surface area contributed by atoms with E-state index in [2.05, 4.69) is 37.7 Å². The minimum Gasteiger partial charge on any atom is -0.356 e. The second-order valence-electron chi connectivity index (χ2n) is 7.63. The summed E-state index contributed by atoms with van der Waals surface area (Å²) < 4.78 is 6.99. The van der Waals surface area contributed by atoms with Crippen molar-refractivity contribution in [2.24, 2.45) is 12.0 Å². The molecular weight excluding hydrogens is 408 g/mol. The van der Waals surface area contributed by atoms with Crippen molar-refractivity contribution < 1.29 is 9.32 Å². The molecule has 1 aliphatic rings. The Bertz CT molecular complexity index is 1090. The number of anilines is 1. The van der Waals surface area contributed by atoms with E-state index in [1.807, 2.05) is 37.2 Å². The third kappa shape index (κ3) is 4.79.